The molecule has 7 nitrogen and oxygen atoms in total. The summed E-state index contributed by atoms with van der Waals surface area (Å²) < 4.78 is 9.76. The van der Waals surface area contributed by atoms with E-state index < -0.39 is 23.5 Å². The fourth-order valence-corrected chi connectivity index (χ4v) is 1.74. The first-order chi connectivity index (χ1) is 10.2. The normalized spacial score (nSPS) is 10.7. The number of rotatable bonds is 10. The summed E-state index contributed by atoms with van der Waals surface area (Å²) in [5.41, 5.74) is -0.497. The van der Waals surface area contributed by atoms with Gasteiger partial charge in [0.25, 0.3) is 0 Å². The van der Waals surface area contributed by atoms with Crippen molar-refractivity contribution in [1.29, 1.82) is 0 Å². The van der Waals surface area contributed by atoms with Crippen molar-refractivity contribution in [2.45, 2.75) is 53.1 Å². The Hall–Kier alpha value is -0.630. The van der Waals surface area contributed by atoms with E-state index in [1.807, 2.05) is 20.8 Å². The van der Waals surface area contributed by atoms with Crippen molar-refractivity contribution in [1.82, 2.24) is 5.06 Å². The molecule has 0 N–H and O–H groups in total. The maximum Gasteiger partial charge on any atom is 1.00 e. The molecule has 8 heteroatoms. The number of ether oxygens (including phenoxy) is 2. The topological polar surface area (TPSA) is 82.1 Å². The van der Waals surface area contributed by atoms with Crippen LogP contribution in [-0.4, -0.2) is 48.8 Å². The van der Waals surface area contributed by atoms with Gasteiger partial charge in [0, 0.05) is 6.54 Å². The summed E-state index contributed by atoms with van der Waals surface area (Å²) >= 11 is 0. The van der Waals surface area contributed by atoms with E-state index in [9.17, 15) is 14.4 Å². The third-order valence-corrected chi connectivity index (χ3v) is 2.52. The fourth-order valence-electron chi connectivity index (χ4n) is 1.74. The molecule has 0 aliphatic heterocycles. The third kappa shape index (κ3) is 11.5. The molecule has 0 heterocycles. The second-order valence-electron chi connectivity index (χ2n) is 5.65. The smallest absolute Gasteiger partial charge is 1.00 e. The Bertz CT molecular complexity index is 357. The van der Waals surface area contributed by atoms with E-state index in [0.29, 0.717) is 12.8 Å². The Kier molecular flexibility index (Phi) is 13.6. The van der Waals surface area contributed by atoms with E-state index in [1.54, 1.807) is 13.8 Å². The Balaban J connectivity index is -0.00000220. The van der Waals surface area contributed by atoms with Gasteiger partial charge in [0.1, 0.15) is 0 Å². The van der Waals surface area contributed by atoms with Gasteiger partial charge in [-0.05, 0) is 47.5 Å². The number of carbonyl (C=O) groups excluding carboxylic acids is 3. The number of esters is 2. The van der Waals surface area contributed by atoms with Gasteiger partial charge >= 0.3 is 41.5 Å². The molecule has 0 aromatic heterocycles. The van der Waals surface area contributed by atoms with E-state index in [-0.39, 0.29) is 57.2 Å². The van der Waals surface area contributed by atoms with E-state index in [1.165, 1.54) is 0 Å². The average molecular weight is 341 g/mol. The van der Waals surface area contributed by atoms with Crippen LogP contribution in [0.5, 0.6) is 0 Å². The SMILES string of the molecule is CCOC(=O)C(CCCN(C=O)OC(C)(C)C)C(=O)OCC.[H-].[Na+]. The summed E-state index contributed by atoms with van der Waals surface area (Å²) in [7, 11) is 0. The van der Waals surface area contributed by atoms with Crippen molar-refractivity contribution in [2.24, 2.45) is 5.92 Å². The molecule has 0 bridgehead atoms. The number of hydrogen-bond donors (Lipinski definition) is 0. The second-order valence-corrected chi connectivity index (χ2v) is 5.65. The van der Waals surface area contributed by atoms with Crippen LogP contribution >= 0.6 is 0 Å². The minimum atomic E-state index is -0.969. The van der Waals surface area contributed by atoms with Gasteiger partial charge in [-0.25, -0.2) is 5.06 Å². The van der Waals surface area contributed by atoms with E-state index in [2.05, 4.69) is 0 Å². The van der Waals surface area contributed by atoms with Gasteiger partial charge in [-0.1, -0.05) is 0 Å². The number of amides is 1. The predicted octanol–water partition coefficient (Wildman–Crippen LogP) is -1.19. The number of carbonyl (C=O) groups is 3. The van der Waals surface area contributed by atoms with Crippen LogP contribution in [0.3, 0.4) is 0 Å². The Morgan fingerprint density at radius 1 is 1.13 bits per heavy atom. The van der Waals surface area contributed by atoms with Gasteiger partial charge in [0.05, 0.1) is 18.8 Å². The Morgan fingerprint density at radius 2 is 1.61 bits per heavy atom. The molecule has 0 rings (SSSR count). The van der Waals surface area contributed by atoms with Crippen molar-refractivity contribution in [3.63, 3.8) is 0 Å². The van der Waals surface area contributed by atoms with Crippen LogP contribution in [0.15, 0.2) is 0 Å². The molecule has 0 aliphatic rings. The van der Waals surface area contributed by atoms with Gasteiger partial charge in [-0.15, -0.1) is 0 Å². The second kappa shape index (κ2) is 12.8. The van der Waals surface area contributed by atoms with Crippen LogP contribution < -0.4 is 29.6 Å². The summed E-state index contributed by atoms with van der Waals surface area (Å²) in [6.45, 7) is 9.48. The Labute approximate surface area is 161 Å². The minimum Gasteiger partial charge on any atom is -1.00 e. The van der Waals surface area contributed by atoms with Crippen LogP contribution in [0.4, 0.5) is 0 Å². The van der Waals surface area contributed by atoms with Crippen molar-refractivity contribution < 1.29 is 59.7 Å². The zero-order valence-electron chi connectivity index (χ0n) is 16.1. The van der Waals surface area contributed by atoms with Crippen LogP contribution in [-0.2, 0) is 28.7 Å². The van der Waals surface area contributed by atoms with Crippen molar-refractivity contribution in [3.05, 3.63) is 0 Å². The van der Waals surface area contributed by atoms with Crippen molar-refractivity contribution in [2.75, 3.05) is 19.8 Å². The largest absolute Gasteiger partial charge is 1.00 e. The van der Waals surface area contributed by atoms with Crippen LogP contribution in [0, 0.1) is 5.92 Å². The maximum atomic E-state index is 11.8. The summed E-state index contributed by atoms with van der Waals surface area (Å²) in [6.07, 6.45) is 1.22. The zero-order valence-corrected chi connectivity index (χ0v) is 17.1. The van der Waals surface area contributed by atoms with Gasteiger partial charge < -0.3 is 10.9 Å². The Morgan fingerprint density at radius 3 is 1.96 bits per heavy atom. The molecule has 130 valence electrons. The molecular weight excluding hydrogens is 313 g/mol. The predicted molar refractivity (Wildman–Crippen MR) is 80.7 cm³/mol. The third-order valence-electron chi connectivity index (χ3n) is 2.52. The summed E-state index contributed by atoms with van der Waals surface area (Å²) in [6, 6.07) is 0. The molecule has 0 saturated carbocycles. The molecule has 0 aliphatic carbocycles. The van der Waals surface area contributed by atoms with Gasteiger partial charge in [-0.2, -0.15) is 0 Å². The standard InChI is InChI=1S/C15H27NO6.Na.H/c1-6-20-13(18)12(14(19)21-7-2)9-8-10-16(11-17)22-15(3,4)5;;/h11-12H,6-10H2,1-5H3;;/q;+1;-1. The first kappa shape index (κ1) is 24.6. The molecule has 0 atom stereocenters. The van der Waals surface area contributed by atoms with Crippen LogP contribution in [0.25, 0.3) is 0 Å². The molecule has 0 saturated heterocycles. The maximum absolute atomic E-state index is 11.8. The minimum absolute atomic E-state index is 0. The number of nitrogens with zero attached hydrogens (tertiary/aromatic N) is 1. The number of hydrogen-bond acceptors (Lipinski definition) is 6. The molecule has 0 unspecified atom stereocenters. The van der Waals surface area contributed by atoms with Gasteiger partial charge in [-0.3, -0.25) is 19.2 Å². The molecule has 0 aromatic rings. The van der Waals surface area contributed by atoms with Crippen LogP contribution in [0.1, 0.15) is 48.9 Å². The van der Waals surface area contributed by atoms with E-state index >= 15 is 0 Å². The number of hydroxylamine groups is 2. The molecular formula is C15H28NNaO6. The first-order valence-corrected chi connectivity index (χ1v) is 7.49. The summed E-state index contributed by atoms with van der Waals surface area (Å²) in [5.74, 6) is -2.17. The zero-order chi connectivity index (χ0) is 17.2. The van der Waals surface area contributed by atoms with Crippen molar-refractivity contribution in [3.8, 4) is 0 Å². The molecule has 0 radical (unpaired) electrons. The average Bonchev–Trinajstić information content (AvgIpc) is 2.41. The molecule has 0 fully saturated rings. The molecule has 1 amide bonds. The van der Waals surface area contributed by atoms with E-state index in [0.717, 1.165) is 5.06 Å². The fraction of sp³-hybridized carbons (Fsp3) is 0.800. The van der Waals surface area contributed by atoms with Gasteiger partial charge in [0.2, 0.25) is 6.41 Å². The summed E-state index contributed by atoms with van der Waals surface area (Å²) in [5, 5.41) is 1.16. The quantitative estimate of drug-likeness (QED) is 0.163. The molecule has 0 spiro atoms. The van der Waals surface area contributed by atoms with Crippen molar-refractivity contribution >= 4 is 18.3 Å². The first-order valence-electron chi connectivity index (χ1n) is 7.49. The monoisotopic (exact) mass is 341 g/mol. The van der Waals surface area contributed by atoms with Gasteiger partial charge in [0.15, 0.2) is 5.92 Å². The van der Waals surface area contributed by atoms with Crippen LogP contribution in [0.2, 0.25) is 0 Å². The molecule has 0 aromatic carbocycles. The molecule has 23 heavy (non-hydrogen) atoms. The van der Waals surface area contributed by atoms with E-state index in [4.69, 9.17) is 14.3 Å². The summed E-state index contributed by atoms with van der Waals surface area (Å²) in [4.78, 5) is 40.0.